The first-order chi connectivity index (χ1) is 9.22. The van der Waals surface area contributed by atoms with Crippen LogP contribution in [0.1, 0.15) is 11.1 Å². The summed E-state index contributed by atoms with van der Waals surface area (Å²) in [6.07, 6.45) is 0.546. The highest BCUT2D eigenvalue weighted by molar-refractivity contribution is 6.31. The maximum atomic E-state index is 9.80. The number of halogens is 1. The first-order valence-electron chi connectivity index (χ1n) is 6.22. The quantitative estimate of drug-likeness (QED) is 0.882. The lowest BCUT2D eigenvalue weighted by Gasteiger charge is -2.31. The van der Waals surface area contributed by atoms with Gasteiger partial charge in [-0.05, 0) is 23.6 Å². The molecule has 0 aliphatic carbocycles. The summed E-state index contributed by atoms with van der Waals surface area (Å²) < 4.78 is 0. The Bertz CT molecular complexity index is 521. The van der Waals surface area contributed by atoms with Crippen LogP contribution in [0.15, 0.2) is 54.6 Å². The summed E-state index contributed by atoms with van der Waals surface area (Å²) in [6.45, 7) is -0.301. The van der Waals surface area contributed by atoms with Crippen LogP contribution in [0.2, 0.25) is 5.02 Å². The number of aliphatic hydroxyl groups excluding tert-OH is 2. The van der Waals surface area contributed by atoms with E-state index < -0.39 is 5.41 Å². The fourth-order valence-corrected chi connectivity index (χ4v) is 2.64. The van der Waals surface area contributed by atoms with Gasteiger partial charge in [-0.1, -0.05) is 60.1 Å². The minimum Gasteiger partial charge on any atom is -0.395 e. The maximum Gasteiger partial charge on any atom is 0.0553 e. The zero-order valence-electron chi connectivity index (χ0n) is 10.6. The van der Waals surface area contributed by atoms with E-state index in [0.29, 0.717) is 11.4 Å². The summed E-state index contributed by atoms with van der Waals surface area (Å²) in [5.74, 6) is 0. The Labute approximate surface area is 118 Å². The van der Waals surface area contributed by atoms with Crippen molar-refractivity contribution in [3.63, 3.8) is 0 Å². The summed E-state index contributed by atoms with van der Waals surface area (Å²) in [5, 5.41) is 20.2. The fourth-order valence-electron chi connectivity index (χ4n) is 2.31. The summed E-state index contributed by atoms with van der Waals surface area (Å²) in [4.78, 5) is 0. The zero-order valence-corrected chi connectivity index (χ0v) is 11.3. The van der Waals surface area contributed by atoms with E-state index in [4.69, 9.17) is 11.6 Å². The van der Waals surface area contributed by atoms with Gasteiger partial charge in [-0.3, -0.25) is 0 Å². The molecule has 0 heterocycles. The van der Waals surface area contributed by atoms with Gasteiger partial charge in [-0.25, -0.2) is 0 Å². The summed E-state index contributed by atoms with van der Waals surface area (Å²) >= 11 is 6.21. The Morgan fingerprint density at radius 3 is 2.00 bits per heavy atom. The van der Waals surface area contributed by atoms with Crippen molar-refractivity contribution in [2.24, 2.45) is 0 Å². The van der Waals surface area contributed by atoms with Crippen LogP contribution in [0.5, 0.6) is 0 Å². The zero-order chi connectivity index (χ0) is 13.7. The predicted octanol–water partition coefficient (Wildman–Crippen LogP) is 2.81. The first kappa shape index (κ1) is 14.1. The lowest BCUT2D eigenvalue weighted by Crippen LogP contribution is -2.37. The average Bonchev–Trinajstić information content (AvgIpc) is 2.47. The molecule has 2 nitrogen and oxygen atoms in total. The van der Waals surface area contributed by atoms with E-state index in [0.717, 1.165) is 11.1 Å². The van der Waals surface area contributed by atoms with Gasteiger partial charge < -0.3 is 10.2 Å². The highest BCUT2D eigenvalue weighted by Crippen LogP contribution is 2.33. The smallest absolute Gasteiger partial charge is 0.0553 e. The molecule has 0 aliphatic heterocycles. The Kier molecular flexibility index (Phi) is 4.59. The second-order valence-electron chi connectivity index (χ2n) is 4.74. The van der Waals surface area contributed by atoms with Gasteiger partial charge in [0, 0.05) is 10.4 Å². The topological polar surface area (TPSA) is 40.5 Å². The summed E-state index contributed by atoms with van der Waals surface area (Å²) in [5.41, 5.74) is 1.09. The number of aliphatic hydroxyl groups is 2. The van der Waals surface area contributed by atoms with Crippen LogP contribution in [0.4, 0.5) is 0 Å². The molecule has 0 radical (unpaired) electrons. The van der Waals surface area contributed by atoms with Crippen LogP contribution in [0.25, 0.3) is 0 Å². The molecule has 0 bridgehead atoms. The molecule has 2 rings (SSSR count). The average molecular weight is 277 g/mol. The van der Waals surface area contributed by atoms with Crippen LogP contribution >= 0.6 is 11.6 Å². The van der Waals surface area contributed by atoms with Gasteiger partial charge in [0.05, 0.1) is 13.2 Å². The summed E-state index contributed by atoms with van der Waals surface area (Å²) in [6, 6.07) is 17.1. The van der Waals surface area contributed by atoms with Gasteiger partial charge in [0.15, 0.2) is 0 Å². The van der Waals surface area contributed by atoms with Crippen molar-refractivity contribution in [3.05, 3.63) is 70.7 Å². The third kappa shape index (κ3) is 2.98. The highest BCUT2D eigenvalue weighted by atomic mass is 35.5. The molecule has 0 unspecified atom stereocenters. The van der Waals surface area contributed by atoms with Crippen LogP contribution in [-0.4, -0.2) is 23.4 Å². The molecule has 0 saturated carbocycles. The van der Waals surface area contributed by atoms with Gasteiger partial charge in [-0.15, -0.1) is 0 Å². The molecule has 2 N–H and O–H groups in total. The van der Waals surface area contributed by atoms with E-state index in [9.17, 15) is 10.2 Å². The van der Waals surface area contributed by atoms with Crippen LogP contribution < -0.4 is 0 Å². The van der Waals surface area contributed by atoms with Crippen LogP contribution in [-0.2, 0) is 11.8 Å². The third-order valence-electron chi connectivity index (χ3n) is 3.44. The number of benzene rings is 2. The number of hydrogen-bond acceptors (Lipinski definition) is 2. The molecule has 0 atom stereocenters. The van der Waals surface area contributed by atoms with Crippen molar-refractivity contribution in [2.45, 2.75) is 11.8 Å². The first-order valence-corrected chi connectivity index (χ1v) is 6.60. The molecule has 0 aromatic heterocycles. The van der Waals surface area contributed by atoms with Crippen LogP contribution in [0, 0.1) is 0 Å². The number of hydrogen-bond donors (Lipinski definition) is 2. The molecule has 0 spiro atoms. The Morgan fingerprint density at radius 1 is 0.842 bits per heavy atom. The molecule has 19 heavy (non-hydrogen) atoms. The van der Waals surface area contributed by atoms with Crippen molar-refractivity contribution < 1.29 is 10.2 Å². The van der Waals surface area contributed by atoms with Gasteiger partial charge in [0.1, 0.15) is 0 Å². The third-order valence-corrected chi connectivity index (χ3v) is 3.77. The number of rotatable bonds is 5. The monoisotopic (exact) mass is 276 g/mol. The maximum absolute atomic E-state index is 9.80. The fraction of sp³-hybridized carbons (Fsp3) is 0.250. The Hall–Kier alpha value is -1.35. The molecule has 0 saturated heterocycles. The molecule has 3 heteroatoms. The van der Waals surface area contributed by atoms with Crippen molar-refractivity contribution in [3.8, 4) is 0 Å². The van der Waals surface area contributed by atoms with E-state index in [1.807, 2.05) is 48.5 Å². The standard InChI is InChI=1S/C16H17ClO2/c17-15-9-5-4-8-14(15)16(11-18,12-19)10-13-6-2-1-3-7-13/h1-9,18-19H,10-12H2. The summed E-state index contributed by atoms with van der Waals surface area (Å²) in [7, 11) is 0. The van der Waals surface area contributed by atoms with Crippen LogP contribution in [0.3, 0.4) is 0 Å². The Balaban J connectivity index is 2.41. The molecular weight excluding hydrogens is 260 g/mol. The highest BCUT2D eigenvalue weighted by Gasteiger charge is 2.33. The minimum atomic E-state index is -0.750. The van der Waals surface area contributed by atoms with Crippen molar-refractivity contribution in [1.29, 1.82) is 0 Å². The van der Waals surface area contributed by atoms with E-state index >= 15 is 0 Å². The van der Waals surface area contributed by atoms with E-state index in [-0.39, 0.29) is 13.2 Å². The van der Waals surface area contributed by atoms with Gasteiger partial charge in [0.25, 0.3) is 0 Å². The van der Waals surface area contributed by atoms with Gasteiger partial charge >= 0.3 is 0 Å². The Morgan fingerprint density at radius 2 is 1.42 bits per heavy atom. The molecule has 100 valence electrons. The SMILES string of the molecule is OCC(CO)(Cc1ccccc1)c1ccccc1Cl. The van der Waals surface area contributed by atoms with Crippen molar-refractivity contribution >= 4 is 11.6 Å². The molecule has 0 fully saturated rings. The minimum absolute atomic E-state index is 0.151. The van der Waals surface area contributed by atoms with Crippen molar-refractivity contribution in [2.75, 3.05) is 13.2 Å². The lowest BCUT2D eigenvalue weighted by atomic mass is 9.77. The van der Waals surface area contributed by atoms with Crippen molar-refractivity contribution in [1.82, 2.24) is 0 Å². The predicted molar refractivity (Wildman–Crippen MR) is 77.4 cm³/mol. The van der Waals surface area contributed by atoms with E-state index in [2.05, 4.69) is 0 Å². The lowest BCUT2D eigenvalue weighted by molar-refractivity contribution is 0.116. The van der Waals surface area contributed by atoms with E-state index in [1.165, 1.54) is 0 Å². The van der Waals surface area contributed by atoms with Gasteiger partial charge in [0.2, 0.25) is 0 Å². The second kappa shape index (κ2) is 6.20. The molecule has 0 amide bonds. The largest absolute Gasteiger partial charge is 0.395 e. The normalized spacial score (nSPS) is 11.5. The molecule has 0 aliphatic rings. The van der Waals surface area contributed by atoms with Gasteiger partial charge in [-0.2, -0.15) is 0 Å². The second-order valence-corrected chi connectivity index (χ2v) is 5.15. The molecule has 2 aromatic carbocycles. The molecular formula is C16H17ClO2. The molecule has 2 aromatic rings. The van der Waals surface area contributed by atoms with E-state index in [1.54, 1.807) is 6.07 Å².